The van der Waals surface area contributed by atoms with Crippen molar-refractivity contribution >= 4 is 50.6 Å². The van der Waals surface area contributed by atoms with Crippen LogP contribution in [0.2, 0.25) is 5.02 Å². The van der Waals surface area contributed by atoms with Gasteiger partial charge in [-0.05, 0) is 43.3 Å². The van der Waals surface area contributed by atoms with Gasteiger partial charge in [0.2, 0.25) is 0 Å². The fourth-order valence-corrected chi connectivity index (χ4v) is 4.46. The van der Waals surface area contributed by atoms with Crippen molar-refractivity contribution in [3.05, 3.63) is 74.5 Å². The molecule has 1 amide bonds. The van der Waals surface area contributed by atoms with Gasteiger partial charge in [-0.15, -0.1) is 11.3 Å². The molecule has 4 rings (SSSR count). The van der Waals surface area contributed by atoms with Crippen LogP contribution in [0.5, 0.6) is 11.5 Å². The summed E-state index contributed by atoms with van der Waals surface area (Å²) in [6, 6.07) is 11.2. The molecule has 0 saturated carbocycles. The molecular formula is C24H20ClN3O6S. The Hall–Kier alpha value is -3.89. The number of aromatic nitrogens is 2. The fraction of sp³-hybridized carbons (Fsp3) is 0.167. The Balaban J connectivity index is 1.85. The Kier molecular flexibility index (Phi) is 7.04. The van der Waals surface area contributed by atoms with E-state index in [0.29, 0.717) is 22.2 Å². The third kappa shape index (κ3) is 4.71. The van der Waals surface area contributed by atoms with E-state index in [1.807, 2.05) is 0 Å². The lowest BCUT2D eigenvalue weighted by atomic mass is 10.1. The molecule has 0 spiro atoms. The van der Waals surface area contributed by atoms with Crippen molar-refractivity contribution in [1.82, 2.24) is 9.78 Å². The van der Waals surface area contributed by atoms with E-state index in [1.165, 1.54) is 14.2 Å². The largest absolute Gasteiger partial charge is 0.497 e. The fourth-order valence-electron chi connectivity index (χ4n) is 3.41. The maximum absolute atomic E-state index is 13.5. The number of fused-ring (bicyclic) bond motifs is 1. The predicted octanol–water partition coefficient (Wildman–Crippen LogP) is 4.55. The van der Waals surface area contributed by atoms with Crippen LogP contribution in [-0.4, -0.2) is 42.5 Å². The zero-order chi connectivity index (χ0) is 25.1. The van der Waals surface area contributed by atoms with Crippen LogP contribution < -0.4 is 20.3 Å². The summed E-state index contributed by atoms with van der Waals surface area (Å²) in [6.45, 7) is 1.80. The molecule has 0 aliphatic rings. The van der Waals surface area contributed by atoms with Gasteiger partial charge in [0.15, 0.2) is 5.69 Å². The van der Waals surface area contributed by atoms with Crippen LogP contribution in [0.4, 0.5) is 5.00 Å². The van der Waals surface area contributed by atoms with Crippen LogP contribution in [0.15, 0.2) is 52.6 Å². The number of halogens is 1. The molecule has 2 heterocycles. The van der Waals surface area contributed by atoms with E-state index in [9.17, 15) is 14.4 Å². The lowest BCUT2D eigenvalue weighted by Gasteiger charge is -2.11. The van der Waals surface area contributed by atoms with Crippen LogP contribution in [0.25, 0.3) is 16.5 Å². The molecule has 0 aliphatic carbocycles. The van der Waals surface area contributed by atoms with Crippen molar-refractivity contribution in [1.29, 1.82) is 0 Å². The first-order valence-corrected chi connectivity index (χ1v) is 11.6. The summed E-state index contributed by atoms with van der Waals surface area (Å²) in [4.78, 5) is 39.3. The average molecular weight is 514 g/mol. The summed E-state index contributed by atoms with van der Waals surface area (Å²) >= 11 is 7.08. The Labute approximate surface area is 208 Å². The molecule has 2 aromatic carbocycles. The molecule has 0 saturated heterocycles. The van der Waals surface area contributed by atoms with E-state index in [4.69, 9.17) is 25.8 Å². The summed E-state index contributed by atoms with van der Waals surface area (Å²) < 4.78 is 16.7. The van der Waals surface area contributed by atoms with Gasteiger partial charge >= 0.3 is 5.97 Å². The molecular weight excluding hydrogens is 494 g/mol. The number of benzene rings is 2. The first-order valence-electron chi connectivity index (χ1n) is 10.4. The van der Waals surface area contributed by atoms with Crippen molar-refractivity contribution in [2.24, 2.45) is 0 Å². The molecule has 0 radical (unpaired) electrons. The summed E-state index contributed by atoms with van der Waals surface area (Å²) in [6.07, 6.45) is 0. The molecule has 0 fully saturated rings. The number of anilines is 1. The van der Waals surface area contributed by atoms with Gasteiger partial charge in [-0.1, -0.05) is 11.6 Å². The summed E-state index contributed by atoms with van der Waals surface area (Å²) in [5, 5.41) is 9.75. The standard InChI is InChI=1S/C24H20ClN3O6S/c1-4-34-24(31)20-17-12-35-22(26-21(29)16-10-9-15(32-2)11-18(16)33-3)19(17)23(30)28(27-20)14-7-5-13(25)6-8-14/h5-12H,4H2,1-3H3,(H,26,29). The normalized spacial score (nSPS) is 10.7. The Morgan fingerprint density at radius 2 is 1.86 bits per heavy atom. The summed E-state index contributed by atoms with van der Waals surface area (Å²) in [5.41, 5.74) is 0.0727. The number of rotatable bonds is 7. The smallest absolute Gasteiger partial charge is 0.359 e. The number of thiophene rings is 1. The highest BCUT2D eigenvalue weighted by molar-refractivity contribution is 7.16. The van der Waals surface area contributed by atoms with Crippen molar-refractivity contribution < 1.29 is 23.8 Å². The van der Waals surface area contributed by atoms with Gasteiger partial charge in [-0.3, -0.25) is 9.59 Å². The number of methoxy groups -OCH3 is 2. The molecule has 1 N–H and O–H groups in total. The van der Waals surface area contributed by atoms with E-state index in [1.54, 1.807) is 54.8 Å². The van der Waals surface area contributed by atoms with E-state index in [0.717, 1.165) is 16.0 Å². The molecule has 11 heteroatoms. The number of carbonyl (C=O) groups is 2. The summed E-state index contributed by atoms with van der Waals surface area (Å²) in [7, 11) is 2.95. The minimum Gasteiger partial charge on any atom is -0.497 e. The number of nitrogens with one attached hydrogen (secondary N) is 1. The monoisotopic (exact) mass is 513 g/mol. The molecule has 0 atom stereocenters. The van der Waals surface area contributed by atoms with E-state index >= 15 is 0 Å². The second-order valence-electron chi connectivity index (χ2n) is 7.14. The molecule has 0 aliphatic heterocycles. The molecule has 2 aromatic heterocycles. The van der Waals surface area contributed by atoms with Gasteiger partial charge in [0.05, 0.1) is 37.5 Å². The van der Waals surface area contributed by atoms with Gasteiger partial charge < -0.3 is 19.5 Å². The molecule has 0 bridgehead atoms. The van der Waals surface area contributed by atoms with Crippen LogP contribution in [0, 0.1) is 0 Å². The molecule has 35 heavy (non-hydrogen) atoms. The number of ether oxygens (including phenoxy) is 3. The van der Waals surface area contributed by atoms with Gasteiger partial charge in [-0.25, -0.2) is 4.79 Å². The zero-order valence-corrected chi connectivity index (χ0v) is 20.5. The highest BCUT2D eigenvalue weighted by Crippen LogP contribution is 2.32. The minimum atomic E-state index is -0.687. The Morgan fingerprint density at radius 1 is 1.11 bits per heavy atom. The van der Waals surface area contributed by atoms with Crippen molar-refractivity contribution in [3.8, 4) is 17.2 Å². The number of esters is 1. The number of amides is 1. The first-order chi connectivity index (χ1) is 16.9. The van der Waals surface area contributed by atoms with E-state index < -0.39 is 17.4 Å². The second-order valence-corrected chi connectivity index (χ2v) is 8.45. The van der Waals surface area contributed by atoms with Crippen LogP contribution in [0.1, 0.15) is 27.8 Å². The Bertz CT molecular complexity index is 1480. The average Bonchev–Trinajstić information content (AvgIpc) is 3.28. The Morgan fingerprint density at radius 3 is 2.51 bits per heavy atom. The molecule has 0 unspecified atom stereocenters. The molecule has 180 valence electrons. The lowest BCUT2D eigenvalue weighted by molar-refractivity contribution is 0.0520. The highest BCUT2D eigenvalue weighted by atomic mass is 35.5. The van der Waals surface area contributed by atoms with Crippen LogP contribution in [-0.2, 0) is 4.74 Å². The van der Waals surface area contributed by atoms with Crippen LogP contribution >= 0.6 is 22.9 Å². The topological polar surface area (TPSA) is 109 Å². The van der Waals surface area contributed by atoms with Gasteiger partial charge in [0.1, 0.15) is 16.5 Å². The molecule has 9 nitrogen and oxygen atoms in total. The highest BCUT2D eigenvalue weighted by Gasteiger charge is 2.24. The third-order valence-electron chi connectivity index (χ3n) is 5.07. The van der Waals surface area contributed by atoms with Gasteiger partial charge in [-0.2, -0.15) is 9.78 Å². The molecule has 4 aromatic rings. The number of nitrogens with zero attached hydrogens (tertiary/aromatic N) is 2. The van der Waals surface area contributed by atoms with E-state index in [-0.39, 0.29) is 33.6 Å². The quantitative estimate of drug-likeness (QED) is 0.361. The van der Waals surface area contributed by atoms with Gasteiger partial charge in [0, 0.05) is 21.9 Å². The zero-order valence-electron chi connectivity index (χ0n) is 19.0. The van der Waals surface area contributed by atoms with E-state index in [2.05, 4.69) is 10.4 Å². The maximum Gasteiger partial charge on any atom is 0.359 e. The number of hydrogen-bond donors (Lipinski definition) is 1. The summed E-state index contributed by atoms with van der Waals surface area (Å²) in [5.74, 6) is -0.362. The van der Waals surface area contributed by atoms with Crippen molar-refractivity contribution in [3.63, 3.8) is 0 Å². The SMILES string of the molecule is CCOC(=O)c1nn(-c2ccc(Cl)cc2)c(=O)c2c(NC(=O)c3ccc(OC)cc3OC)scc12. The van der Waals surface area contributed by atoms with Gasteiger partial charge in [0.25, 0.3) is 11.5 Å². The number of carbonyl (C=O) groups excluding carboxylic acids is 2. The first kappa shape index (κ1) is 24.2. The maximum atomic E-state index is 13.5. The third-order valence-corrected chi connectivity index (χ3v) is 6.22. The lowest BCUT2D eigenvalue weighted by Crippen LogP contribution is -2.25. The predicted molar refractivity (Wildman–Crippen MR) is 134 cm³/mol. The second kappa shape index (κ2) is 10.2. The number of hydrogen-bond acceptors (Lipinski definition) is 8. The van der Waals surface area contributed by atoms with Crippen molar-refractivity contribution in [2.45, 2.75) is 6.92 Å². The van der Waals surface area contributed by atoms with Crippen molar-refractivity contribution in [2.75, 3.05) is 26.1 Å². The minimum absolute atomic E-state index is 0.0461. The van der Waals surface area contributed by atoms with Crippen LogP contribution in [0.3, 0.4) is 0 Å².